The van der Waals surface area contributed by atoms with Crippen LogP contribution in [0, 0.1) is 35.3 Å². The van der Waals surface area contributed by atoms with Gasteiger partial charge in [0.15, 0.2) is 0 Å². The van der Waals surface area contributed by atoms with Gasteiger partial charge in [-0.05, 0) is 42.7 Å². The summed E-state index contributed by atoms with van der Waals surface area (Å²) < 4.78 is 0. The van der Waals surface area contributed by atoms with Crippen molar-refractivity contribution in [3.05, 3.63) is 79.9 Å². The van der Waals surface area contributed by atoms with Crippen molar-refractivity contribution < 1.29 is 9.72 Å². The Hall–Kier alpha value is -3.31. The molecule has 2 aromatic rings. The lowest BCUT2D eigenvalue weighted by atomic mass is 10.1. The van der Waals surface area contributed by atoms with Crippen molar-refractivity contribution in [2.75, 3.05) is 5.32 Å². The standard InChI is InChI=1S/C19H18N4O3S/c1-12-6-7-15(8-13(12)2)22-19(17(10-20)18(21)24)27-11-14-4-3-5-16(9-14)23(25)26/h3-9,22H,11H2,1-2H3,(H2,21,24). The van der Waals surface area contributed by atoms with Gasteiger partial charge in [-0.3, -0.25) is 14.9 Å². The number of amides is 1. The Bertz CT molecular complexity index is 964. The molecule has 0 fully saturated rings. The van der Waals surface area contributed by atoms with E-state index >= 15 is 0 Å². The summed E-state index contributed by atoms with van der Waals surface area (Å²) in [6.45, 7) is 3.94. The molecule has 1 amide bonds. The summed E-state index contributed by atoms with van der Waals surface area (Å²) in [7, 11) is 0. The van der Waals surface area contributed by atoms with E-state index in [0.717, 1.165) is 11.1 Å². The number of nitriles is 1. The minimum absolute atomic E-state index is 0.0174. The lowest BCUT2D eigenvalue weighted by Crippen LogP contribution is -2.16. The van der Waals surface area contributed by atoms with Gasteiger partial charge in [-0.25, -0.2) is 0 Å². The number of nitrogens with one attached hydrogen (secondary N) is 1. The van der Waals surface area contributed by atoms with Crippen LogP contribution in [0.15, 0.2) is 53.1 Å². The zero-order valence-electron chi connectivity index (χ0n) is 14.9. The van der Waals surface area contributed by atoms with Gasteiger partial charge in [0.2, 0.25) is 0 Å². The van der Waals surface area contributed by atoms with Crippen molar-refractivity contribution in [3.8, 4) is 6.07 Å². The number of non-ortho nitro benzene ring substituents is 1. The topological polar surface area (TPSA) is 122 Å². The summed E-state index contributed by atoms with van der Waals surface area (Å²) in [5.74, 6) is -0.511. The Kier molecular flexibility index (Phi) is 6.57. The van der Waals surface area contributed by atoms with E-state index < -0.39 is 10.8 Å². The first-order chi connectivity index (χ1) is 12.8. The molecule has 0 aromatic heterocycles. The van der Waals surface area contributed by atoms with Crippen molar-refractivity contribution in [2.45, 2.75) is 19.6 Å². The molecular weight excluding hydrogens is 364 g/mol. The molecule has 27 heavy (non-hydrogen) atoms. The second-order valence-corrected chi connectivity index (χ2v) is 6.81. The smallest absolute Gasteiger partial charge is 0.269 e. The molecule has 0 aliphatic carbocycles. The van der Waals surface area contributed by atoms with Crippen LogP contribution in [-0.4, -0.2) is 10.8 Å². The molecule has 2 aromatic carbocycles. The maximum Gasteiger partial charge on any atom is 0.269 e. The number of rotatable bonds is 7. The molecule has 0 atom stereocenters. The Labute approximate surface area is 161 Å². The molecule has 0 saturated carbocycles. The average Bonchev–Trinajstić information content (AvgIpc) is 2.63. The van der Waals surface area contributed by atoms with Crippen LogP contribution in [0.25, 0.3) is 0 Å². The van der Waals surface area contributed by atoms with Crippen molar-refractivity contribution in [1.29, 1.82) is 5.26 Å². The molecule has 0 spiro atoms. The third-order valence-electron chi connectivity index (χ3n) is 3.85. The number of nitrogens with two attached hydrogens (primary N) is 1. The van der Waals surface area contributed by atoms with Crippen LogP contribution in [0.4, 0.5) is 11.4 Å². The molecule has 7 nitrogen and oxygen atoms in total. The van der Waals surface area contributed by atoms with E-state index in [1.165, 1.54) is 23.9 Å². The number of carbonyl (C=O) groups excluding carboxylic acids is 1. The second kappa shape index (κ2) is 8.87. The third kappa shape index (κ3) is 5.33. The average molecular weight is 382 g/mol. The largest absolute Gasteiger partial charge is 0.365 e. The predicted molar refractivity (Wildman–Crippen MR) is 106 cm³/mol. The van der Waals surface area contributed by atoms with Crippen LogP contribution in [0.1, 0.15) is 16.7 Å². The molecular formula is C19H18N4O3S. The highest BCUT2D eigenvalue weighted by molar-refractivity contribution is 8.02. The van der Waals surface area contributed by atoms with Crippen molar-refractivity contribution >= 4 is 29.0 Å². The Morgan fingerprint density at radius 3 is 2.59 bits per heavy atom. The Balaban J connectivity index is 2.30. The van der Waals surface area contributed by atoms with Gasteiger partial charge < -0.3 is 11.1 Å². The van der Waals surface area contributed by atoms with Gasteiger partial charge >= 0.3 is 0 Å². The molecule has 3 N–H and O–H groups in total. The molecule has 0 heterocycles. The molecule has 138 valence electrons. The molecule has 2 rings (SSSR count). The van der Waals surface area contributed by atoms with Gasteiger partial charge in [0.1, 0.15) is 11.6 Å². The minimum atomic E-state index is -0.838. The number of aryl methyl sites for hydroxylation is 2. The fourth-order valence-corrected chi connectivity index (χ4v) is 3.23. The molecule has 0 radical (unpaired) electrons. The lowest BCUT2D eigenvalue weighted by Gasteiger charge is -2.13. The number of primary amides is 1. The lowest BCUT2D eigenvalue weighted by molar-refractivity contribution is -0.384. The van der Waals surface area contributed by atoms with E-state index in [1.54, 1.807) is 12.1 Å². The molecule has 0 bridgehead atoms. The third-order valence-corrected chi connectivity index (χ3v) is 4.93. The molecule has 0 aliphatic heterocycles. The van der Waals surface area contributed by atoms with Gasteiger partial charge in [0.05, 0.1) is 9.95 Å². The first kappa shape index (κ1) is 20.0. The zero-order chi connectivity index (χ0) is 20.0. The maximum absolute atomic E-state index is 11.6. The number of nitro benzene ring substituents is 1. The highest BCUT2D eigenvalue weighted by atomic mass is 32.2. The van der Waals surface area contributed by atoms with E-state index in [-0.39, 0.29) is 11.3 Å². The van der Waals surface area contributed by atoms with Gasteiger partial charge in [-0.15, -0.1) is 11.8 Å². The number of benzene rings is 2. The quantitative estimate of drug-likeness (QED) is 0.325. The number of nitrogens with zero attached hydrogens (tertiary/aromatic N) is 2. The van der Waals surface area contributed by atoms with Gasteiger partial charge in [0.25, 0.3) is 11.6 Å². The summed E-state index contributed by atoms with van der Waals surface area (Å²) >= 11 is 1.18. The summed E-state index contributed by atoms with van der Waals surface area (Å²) in [5, 5.41) is 23.6. The predicted octanol–water partition coefficient (Wildman–Crippen LogP) is 3.78. The van der Waals surface area contributed by atoms with Gasteiger partial charge in [-0.1, -0.05) is 18.2 Å². The fraction of sp³-hybridized carbons (Fsp3) is 0.158. The highest BCUT2D eigenvalue weighted by Crippen LogP contribution is 2.28. The molecule has 0 unspecified atom stereocenters. The van der Waals surface area contributed by atoms with Gasteiger partial charge in [-0.2, -0.15) is 5.26 Å². The summed E-state index contributed by atoms with van der Waals surface area (Å²) in [6.07, 6.45) is 0. The first-order valence-corrected chi connectivity index (χ1v) is 8.95. The van der Waals surface area contributed by atoms with E-state index in [0.29, 0.717) is 22.0 Å². The zero-order valence-corrected chi connectivity index (χ0v) is 15.7. The number of nitro groups is 1. The van der Waals surface area contributed by atoms with E-state index in [1.807, 2.05) is 38.1 Å². The molecule has 0 saturated heterocycles. The van der Waals surface area contributed by atoms with Crippen molar-refractivity contribution in [3.63, 3.8) is 0 Å². The number of anilines is 1. The highest BCUT2D eigenvalue weighted by Gasteiger charge is 2.15. The van der Waals surface area contributed by atoms with Crippen LogP contribution in [0.2, 0.25) is 0 Å². The minimum Gasteiger partial charge on any atom is -0.365 e. The molecule has 8 heteroatoms. The number of thioether (sulfide) groups is 1. The van der Waals surface area contributed by atoms with E-state index in [9.17, 15) is 20.2 Å². The monoisotopic (exact) mass is 382 g/mol. The second-order valence-electron chi connectivity index (χ2n) is 5.82. The Morgan fingerprint density at radius 1 is 1.26 bits per heavy atom. The van der Waals surface area contributed by atoms with Crippen LogP contribution in [-0.2, 0) is 10.5 Å². The SMILES string of the molecule is Cc1ccc(NC(SCc2cccc([N+](=O)[O-])c2)=C(C#N)C(N)=O)cc1C. The molecule has 0 aliphatic rings. The summed E-state index contributed by atoms with van der Waals surface area (Å²) in [4.78, 5) is 22.1. The van der Waals surface area contributed by atoms with E-state index in [2.05, 4.69) is 5.32 Å². The van der Waals surface area contributed by atoms with Crippen LogP contribution in [0.3, 0.4) is 0 Å². The van der Waals surface area contributed by atoms with E-state index in [4.69, 9.17) is 5.73 Å². The van der Waals surface area contributed by atoms with Crippen molar-refractivity contribution in [1.82, 2.24) is 0 Å². The van der Waals surface area contributed by atoms with Crippen molar-refractivity contribution in [2.24, 2.45) is 5.73 Å². The first-order valence-electron chi connectivity index (χ1n) is 7.96. The number of carbonyl (C=O) groups is 1. The normalized spacial score (nSPS) is 11.3. The summed E-state index contributed by atoms with van der Waals surface area (Å²) in [5.41, 5.74) is 8.70. The fourth-order valence-electron chi connectivity index (χ4n) is 2.25. The number of hydrogen-bond acceptors (Lipinski definition) is 6. The van der Waals surface area contributed by atoms with Crippen LogP contribution < -0.4 is 11.1 Å². The Morgan fingerprint density at radius 2 is 2.00 bits per heavy atom. The van der Waals surface area contributed by atoms with Crippen LogP contribution in [0.5, 0.6) is 0 Å². The maximum atomic E-state index is 11.6. The van der Waals surface area contributed by atoms with Gasteiger partial charge in [0, 0.05) is 23.6 Å². The number of hydrogen-bond donors (Lipinski definition) is 2. The summed E-state index contributed by atoms with van der Waals surface area (Å²) in [6, 6.07) is 13.7. The van der Waals surface area contributed by atoms with Crippen LogP contribution >= 0.6 is 11.8 Å².